The Morgan fingerprint density at radius 2 is 2.38 bits per heavy atom. The van der Waals surface area contributed by atoms with Crippen LogP contribution >= 0.6 is 12.2 Å². The molecule has 0 unspecified atom stereocenters. The minimum Gasteiger partial charge on any atom is -0.330 e. The van der Waals surface area contributed by atoms with Gasteiger partial charge in [-0.05, 0) is 19.3 Å². The summed E-state index contributed by atoms with van der Waals surface area (Å²) in [5, 5.41) is 0. The van der Waals surface area contributed by atoms with Crippen molar-refractivity contribution in [2.75, 3.05) is 0 Å². The first-order valence-corrected chi connectivity index (χ1v) is 5.84. The Labute approximate surface area is 98.0 Å². The van der Waals surface area contributed by atoms with Gasteiger partial charge in [-0.1, -0.05) is 24.4 Å². The predicted octanol–water partition coefficient (Wildman–Crippen LogP) is 2.77. The van der Waals surface area contributed by atoms with Crippen LogP contribution in [-0.2, 0) is 0 Å². The number of fused-ring (bicyclic) bond motifs is 1. The maximum atomic E-state index is 5.14. The Bertz CT molecular complexity index is 595. The van der Waals surface area contributed by atoms with Crippen molar-refractivity contribution >= 4 is 23.4 Å². The normalized spacial score (nSPS) is 20.4. The average Bonchev–Trinajstić information content (AvgIpc) is 2.75. The van der Waals surface area contributed by atoms with E-state index in [9.17, 15) is 0 Å². The van der Waals surface area contributed by atoms with Crippen molar-refractivity contribution in [3.63, 3.8) is 0 Å². The third-order valence-corrected chi connectivity index (χ3v) is 3.26. The van der Waals surface area contributed by atoms with Crippen LogP contribution in [0.2, 0.25) is 0 Å². The number of imidazole rings is 1. The Kier molecular flexibility index (Phi) is 2.32. The molecule has 0 spiro atoms. The van der Waals surface area contributed by atoms with Crippen molar-refractivity contribution in [3.8, 4) is 0 Å². The lowest BCUT2D eigenvalue weighted by molar-refractivity contribution is 0.525. The second kappa shape index (κ2) is 3.83. The van der Waals surface area contributed by atoms with Gasteiger partial charge in [0.25, 0.3) is 0 Å². The molecule has 0 saturated carbocycles. The monoisotopic (exact) mass is 232 g/mol. The van der Waals surface area contributed by atoms with Gasteiger partial charge in [-0.25, -0.2) is 9.97 Å². The maximum absolute atomic E-state index is 5.14. The summed E-state index contributed by atoms with van der Waals surface area (Å²) in [5.41, 5.74) is 1.76. The number of hydrogen-bond donors (Lipinski definition) is 1. The molecule has 1 N–H and O–H groups in total. The van der Waals surface area contributed by atoms with Crippen LogP contribution in [0.25, 0.3) is 11.2 Å². The number of hydrogen-bond acceptors (Lipinski definition) is 3. The molecular formula is C11H12N4S. The summed E-state index contributed by atoms with van der Waals surface area (Å²) in [6.45, 7) is 0. The second-order valence-corrected chi connectivity index (χ2v) is 4.37. The average molecular weight is 232 g/mol. The van der Waals surface area contributed by atoms with E-state index in [1.54, 1.807) is 6.33 Å². The molecule has 1 atom stereocenters. The molecule has 2 aromatic rings. The van der Waals surface area contributed by atoms with Gasteiger partial charge in [0.05, 0.1) is 18.7 Å². The number of aromatic amines is 1. The molecule has 0 fully saturated rings. The molecule has 0 amide bonds. The smallest absolute Gasteiger partial charge is 0.157 e. The van der Waals surface area contributed by atoms with Gasteiger partial charge in [-0.15, -0.1) is 0 Å². The SMILES string of the molecule is S=c1nc[nH]c2c1ncn2[C@H]1C=CCCC1. The quantitative estimate of drug-likeness (QED) is 0.607. The lowest BCUT2D eigenvalue weighted by Gasteiger charge is -2.18. The van der Waals surface area contributed by atoms with E-state index < -0.39 is 0 Å². The van der Waals surface area contributed by atoms with E-state index in [0.29, 0.717) is 10.7 Å². The summed E-state index contributed by atoms with van der Waals surface area (Å²) in [6, 6.07) is 0.395. The number of rotatable bonds is 1. The first-order valence-electron chi connectivity index (χ1n) is 5.43. The molecule has 5 heteroatoms. The standard InChI is InChI=1S/C11H12N4S/c16-11-9-10(12-6-13-11)15(7-14-9)8-4-2-1-3-5-8/h2,4,6-8H,1,3,5H2,(H,12,13,16)/t8-/m0/s1. The molecule has 16 heavy (non-hydrogen) atoms. The Hall–Kier alpha value is -1.49. The molecule has 1 aliphatic rings. The molecule has 3 rings (SSSR count). The number of nitrogens with zero attached hydrogens (tertiary/aromatic N) is 3. The van der Waals surface area contributed by atoms with Crippen molar-refractivity contribution in [2.24, 2.45) is 0 Å². The first-order chi connectivity index (χ1) is 7.86. The van der Waals surface area contributed by atoms with Crippen LogP contribution in [0.1, 0.15) is 25.3 Å². The lowest BCUT2D eigenvalue weighted by Crippen LogP contribution is -2.08. The predicted molar refractivity (Wildman–Crippen MR) is 64.7 cm³/mol. The molecule has 0 aromatic carbocycles. The Balaban J connectivity index is 2.17. The van der Waals surface area contributed by atoms with Gasteiger partial charge in [-0.3, -0.25) is 0 Å². The molecule has 2 heterocycles. The largest absolute Gasteiger partial charge is 0.330 e. The van der Waals surface area contributed by atoms with E-state index in [2.05, 4.69) is 31.7 Å². The third kappa shape index (κ3) is 1.48. The van der Waals surface area contributed by atoms with E-state index >= 15 is 0 Å². The summed E-state index contributed by atoms with van der Waals surface area (Å²) in [4.78, 5) is 11.5. The molecule has 0 aliphatic heterocycles. The fraction of sp³-hybridized carbons (Fsp3) is 0.364. The summed E-state index contributed by atoms with van der Waals surface area (Å²) >= 11 is 5.14. The van der Waals surface area contributed by atoms with Crippen LogP contribution in [-0.4, -0.2) is 19.5 Å². The minimum atomic E-state index is 0.395. The molecule has 0 radical (unpaired) electrons. The molecule has 4 nitrogen and oxygen atoms in total. The van der Waals surface area contributed by atoms with Crippen molar-refractivity contribution in [3.05, 3.63) is 29.4 Å². The topological polar surface area (TPSA) is 46.5 Å². The van der Waals surface area contributed by atoms with Crippen molar-refractivity contribution < 1.29 is 0 Å². The van der Waals surface area contributed by atoms with Crippen LogP contribution in [0.5, 0.6) is 0 Å². The van der Waals surface area contributed by atoms with E-state index in [0.717, 1.165) is 17.6 Å². The molecule has 82 valence electrons. The number of nitrogens with one attached hydrogen (secondary N) is 1. The first kappa shape index (κ1) is 9.72. The van der Waals surface area contributed by atoms with Crippen LogP contribution in [0.4, 0.5) is 0 Å². The minimum absolute atomic E-state index is 0.395. The maximum Gasteiger partial charge on any atom is 0.157 e. The fourth-order valence-electron chi connectivity index (χ4n) is 2.15. The summed E-state index contributed by atoms with van der Waals surface area (Å²) in [6.07, 6.45) is 11.5. The number of aromatic nitrogens is 4. The Morgan fingerprint density at radius 3 is 3.19 bits per heavy atom. The van der Waals surface area contributed by atoms with Gasteiger partial charge in [0.2, 0.25) is 0 Å². The highest BCUT2D eigenvalue weighted by Crippen LogP contribution is 2.25. The molecular weight excluding hydrogens is 220 g/mol. The third-order valence-electron chi connectivity index (χ3n) is 2.97. The van der Waals surface area contributed by atoms with Gasteiger partial charge in [0, 0.05) is 0 Å². The number of H-pyrrole nitrogens is 1. The van der Waals surface area contributed by atoms with Gasteiger partial charge in [-0.2, -0.15) is 0 Å². The zero-order valence-corrected chi connectivity index (χ0v) is 9.57. The van der Waals surface area contributed by atoms with Crippen LogP contribution < -0.4 is 0 Å². The van der Waals surface area contributed by atoms with Gasteiger partial charge in [0.1, 0.15) is 11.2 Å². The van der Waals surface area contributed by atoms with Crippen LogP contribution in [0, 0.1) is 4.64 Å². The lowest BCUT2D eigenvalue weighted by atomic mass is 10.0. The van der Waals surface area contributed by atoms with E-state index in [1.807, 2.05) is 6.33 Å². The summed E-state index contributed by atoms with van der Waals surface area (Å²) in [7, 11) is 0. The highest BCUT2D eigenvalue weighted by atomic mass is 32.1. The van der Waals surface area contributed by atoms with Crippen LogP contribution in [0.15, 0.2) is 24.8 Å². The van der Waals surface area contributed by atoms with E-state index in [-0.39, 0.29) is 0 Å². The molecule has 2 aromatic heterocycles. The van der Waals surface area contributed by atoms with Gasteiger partial charge >= 0.3 is 0 Å². The second-order valence-electron chi connectivity index (χ2n) is 3.98. The van der Waals surface area contributed by atoms with Crippen molar-refractivity contribution in [1.82, 2.24) is 19.5 Å². The molecule has 1 aliphatic carbocycles. The van der Waals surface area contributed by atoms with Crippen molar-refractivity contribution in [2.45, 2.75) is 25.3 Å². The highest BCUT2D eigenvalue weighted by molar-refractivity contribution is 7.71. The van der Waals surface area contributed by atoms with Crippen molar-refractivity contribution in [1.29, 1.82) is 0 Å². The summed E-state index contributed by atoms with van der Waals surface area (Å²) < 4.78 is 2.70. The molecule has 0 bridgehead atoms. The zero-order chi connectivity index (χ0) is 11.0. The summed E-state index contributed by atoms with van der Waals surface area (Å²) in [5.74, 6) is 0. The highest BCUT2D eigenvalue weighted by Gasteiger charge is 2.14. The van der Waals surface area contributed by atoms with Gasteiger partial charge in [0.15, 0.2) is 4.64 Å². The fourth-order valence-corrected chi connectivity index (χ4v) is 2.35. The number of allylic oxidation sites excluding steroid dienone is 2. The zero-order valence-electron chi connectivity index (χ0n) is 8.76. The van der Waals surface area contributed by atoms with E-state index in [1.165, 1.54) is 12.8 Å². The Morgan fingerprint density at radius 1 is 1.44 bits per heavy atom. The van der Waals surface area contributed by atoms with Crippen LogP contribution in [0.3, 0.4) is 0 Å². The molecule has 0 saturated heterocycles. The van der Waals surface area contributed by atoms with Gasteiger partial charge < -0.3 is 9.55 Å². The van der Waals surface area contributed by atoms with E-state index in [4.69, 9.17) is 12.2 Å².